The molecule has 44 heavy (non-hydrogen) atoms. The Hall–Kier alpha value is -5.26. The zero-order chi connectivity index (χ0) is 30.3. The van der Waals surface area contributed by atoms with Gasteiger partial charge in [0.05, 0.1) is 0 Å². The summed E-state index contributed by atoms with van der Waals surface area (Å²) in [6.45, 7) is 0.965. The predicted octanol–water partition coefficient (Wildman–Crippen LogP) is 2.84. The second-order valence-corrected chi connectivity index (χ2v) is 11.7. The van der Waals surface area contributed by atoms with Crippen molar-refractivity contribution in [2.24, 2.45) is 21.5 Å². The van der Waals surface area contributed by atoms with Crippen LogP contribution in [-0.2, 0) is 35.2 Å². The molecule has 4 aliphatic rings. The molecule has 2 atom stereocenters. The van der Waals surface area contributed by atoms with Crippen LogP contribution in [0.15, 0.2) is 71.7 Å². The highest BCUT2D eigenvalue weighted by Crippen LogP contribution is 2.43. The van der Waals surface area contributed by atoms with E-state index >= 15 is 0 Å². The zero-order valence-electron chi connectivity index (χ0n) is 24.0. The Morgan fingerprint density at radius 2 is 1.00 bits per heavy atom. The molecule has 2 aliphatic heterocycles. The van der Waals surface area contributed by atoms with Crippen LogP contribution in [0, 0.1) is 0 Å². The molecule has 12 nitrogen and oxygen atoms in total. The summed E-state index contributed by atoms with van der Waals surface area (Å²) in [5.74, 6) is 0.602. The lowest BCUT2D eigenvalue weighted by atomic mass is 9.76. The standard InChI is InChI=1S/2C16H16N4O2/c2*17-15-20-16(8-22-15)4-3-12-11(10-6-18-9-19-7-10)1-2-14(21)13(12)5-16/h2*1-2,6-7,9,21H,3-5,8H2,(H2,17,20)/t2*16-/m10/s1. The molecule has 0 radical (unpaired) electrons. The number of phenolic OH excluding ortho intramolecular Hbond substituents is 2. The molecule has 2 spiro atoms. The van der Waals surface area contributed by atoms with Gasteiger partial charge in [-0.2, -0.15) is 0 Å². The van der Waals surface area contributed by atoms with Gasteiger partial charge >= 0.3 is 0 Å². The van der Waals surface area contributed by atoms with E-state index in [0.717, 1.165) is 70.2 Å². The predicted molar refractivity (Wildman–Crippen MR) is 163 cm³/mol. The third-order valence-corrected chi connectivity index (χ3v) is 8.92. The first-order valence-corrected chi connectivity index (χ1v) is 14.5. The minimum Gasteiger partial charge on any atom is -0.508 e. The van der Waals surface area contributed by atoms with Crippen LogP contribution >= 0.6 is 0 Å². The Labute approximate surface area is 253 Å². The molecule has 4 heterocycles. The molecule has 4 aromatic rings. The number of hydrogen-bond donors (Lipinski definition) is 4. The Kier molecular flexibility index (Phi) is 6.75. The topological polar surface area (TPSA) is 187 Å². The molecule has 0 saturated heterocycles. The number of phenols is 2. The molecule has 2 aliphatic carbocycles. The van der Waals surface area contributed by atoms with Crippen LogP contribution in [-0.4, -0.2) is 66.5 Å². The molecule has 0 saturated carbocycles. The van der Waals surface area contributed by atoms with Gasteiger partial charge in [0.2, 0.25) is 0 Å². The normalized spacial score (nSPS) is 23.0. The van der Waals surface area contributed by atoms with E-state index in [1.54, 1.807) is 36.9 Å². The zero-order valence-corrected chi connectivity index (χ0v) is 24.0. The highest BCUT2D eigenvalue weighted by Gasteiger charge is 2.42. The minimum absolute atomic E-state index is 0.246. The number of hydrogen-bond acceptors (Lipinski definition) is 12. The lowest BCUT2D eigenvalue weighted by molar-refractivity contribution is 0.233. The van der Waals surface area contributed by atoms with Crippen LogP contribution in [0.5, 0.6) is 11.5 Å². The number of amidine groups is 2. The average molecular weight is 593 g/mol. The second-order valence-electron chi connectivity index (χ2n) is 11.7. The number of rotatable bonds is 2. The molecule has 8 rings (SSSR count). The average Bonchev–Trinajstić information content (AvgIpc) is 3.60. The van der Waals surface area contributed by atoms with Gasteiger partial charge in [0.1, 0.15) is 48.4 Å². The largest absolute Gasteiger partial charge is 0.508 e. The van der Waals surface area contributed by atoms with E-state index in [4.69, 9.17) is 20.9 Å². The molecular formula is C32H32N8O4. The van der Waals surface area contributed by atoms with E-state index in [9.17, 15) is 10.2 Å². The Balaban J connectivity index is 0.000000142. The van der Waals surface area contributed by atoms with Crippen LogP contribution in [0.1, 0.15) is 35.1 Å². The monoisotopic (exact) mass is 592 g/mol. The third-order valence-electron chi connectivity index (χ3n) is 8.92. The molecule has 2 aromatic heterocycles. The molecule has 224 valence electrons. The molecule has 0 amide bonds. The number of nitrogens with zero attached hydrogens (tertiary/aromatic N) is 6. The fourth-order valence-electron chi connectivity index (χ4n) is 6.74. The first-order valence-electron chi connectivity index (χ1n) is 14.5. The van der Waals surface area contributed by atoms with Gasteiger partial charge in [-0.1, -0.05) is 12.1 Å². The van der Waals surface area contributed by atoms with Gasteiger partial charge < -0.3 is 31.2 Å². The third kappa shape index (κ3) is 5.01. The number of aromatic hydroxyl groups is 2. The van der Waals surface area contributed by atoms with Crippen molar-refractivity contribution in [2.75, 3.05) is 13.2 Å². The lowest BCUT2D eigenvalue weighted by Gasteiger charge is -2.32. The van der Waals surface area contributed by atoms with Crippen molar-refractivity contribution in [3.8, 4) is 33.8 Å². The van der Waals surface area contributed by atoms with Crippen LogP contribution in [0.2, 0.25) is 0 Å². The number of benzene rings is 2. The lowest BCUT2D eigenvalue weighted by Crippen LogP contribution is -2.35. The van der Waals surface area contributed by atoms with Crippen molar-refractivity contribution in [1.82, 2.24) is 19.9 Å². The molecule has 2 aromatic carbocycles. The van der Waals surface area contributed by atoms with E-state index in [1.807, 2.05) is 12.1 Å². The summed E-state index contributed by atoms with van der Waals surface area (Å²) in [5, 5.41) is 20.6. The van der Waals surface area contributed by atoms with Crippen molar-refractivity contribution < 1.29 is 19.7 Å². The number of ether oxygens (including phenoxy) is 2. The summed E-state index contributed by atoms with van der Waals surface area (Å²) in [4.78, 5) is 25.2. The molecule has 0 unspecified atom stereocenters. The summed E-state index contributed by atoms with van der Waals surface area (Å²) < 4.78 is 10.7. The Bertz CT molecular complexity index is 1650. The van der Waals surface area contributed by atoms with Gasteiger partial charge in [-0.05, 0) is 60.1 Å². The van der Waals surface area contributed by atoms with Crippen LogP contribution in [0.3, 0.4) is 0 Å². The van der Waals surface area contributed by atoms with Crippen LogP contribution < -0.4 is 11.5 Å². The van der Waals surface area contributed by atoms with Crippen LogP contribution in [0.4, 0.5) is 0 Å². The van der Waals surface area contributed by atoms with E-state index in [2.05, 4.69) is 29.9 Å². The fourth-order valence-corrected chi connectivity index (χ4v) is 6.74. The number of aromatic nitrogens is 4. The van der Waals surface area contributed by atoms with Crippen LogP contribution in [0.25, 0.3) is 22.3 Å². The van der Waals surface area contributed by atoms with Crippen molar-refractivity contribution in [1.29, 1.82) is 0 Å². The highest BCUT2D eigenvalue weighted by molar-refractivity contribution is 5.76. The fraction of sp³-hybridized carbons (Fsp3) is 0.312. The Morgan fingerprint density at radius 3 is 1.36 bits per heavy atom. The molecular weight excluding hydrogens is 560 g/mol. The molecule has 0 bridgehead atoms. The number of fused-ring (bicyclic) bond motifs is 2. The van der Waals surface area contributed by atoms with E-state index < -0.39 is 0 Å². The second kappa shape index (κ2) is 10.8. The molecule has 0 fully saturated rings. The van der Waals surface area contributed by atoms with Crippen molar-refractivity contribution >= 4 is 12.0 Å². The summed E-state index contributed by atoms with van der Waals surface area (Å²) >= 11 is 0. The SMILES string of the molecule is NC1=N[C@@]2(CCc3c(-c4cncnc4)ccc(O)c3C2)CO1.NC1=N[C@]2(CCc3c(-c4cncnc4)ccc(O)c3C2)CO1. The van der Waals surface area contributed by atoms with E-state index in [-0.39, 0.29) is 23.1 Å². The van der Waals surface area contributed by atoms with Gasteiger partial charge in [0, 0.05) is 59.9 Å². The molecule has 12 heteroatoms. The van der Waals surface area contributed by atoms with Gasteiger partial charge in [-0.3, -0.25) is 0 Å². The summed E-state index contributed by atoms with van der Waals surface area (Å²) in [7, 11) is 0. The van der Waals surface area contributed by atoms with Gasteiger partial charge in [0.15, 0.2) is 0 Å². The van der Waals surface area contributed by atoms with Gasteiger partial charge in [-0.25, -0.2) is 29.9 Å². The number of nitrogens with two attached hydrogens (primary N) is 2. The van der Waals surface area contributed by atoms with Crippen molar-refractivity contribution in [2.45, 2.75) is 49.6 Å². The Morgan fingerprint density at radius 1 is 0.591 bits per heavy atom. The maximum Gasteiger partial charge on any atom is 0.282 e. The summed E-state index contributed by atoms with van der Waals surface area (Å²) in [6, 6.07) is 7.79. The first kappa shape index (κ1) is 27.6. The molecule has 6 N–H and O–H groups in total. The van der Waals surface area contributed by atoms with Gasteiger partial charge in [-0.15, -0.1) is 0 Å². The number of aliphatic imine (C=N–C) groups is 2. The van der Waals surface area contributed by atoms with E-state index in [1.165, 1.54) is 12.7 Å². The van der Waals surface area contributed by atoms with Crippen molar-refractivity contribution in [3.05, 3.63) is 84.0 Å². The maximum atomic E-state index is 10.3. The summed E-state index contributed by atoms with van der Waals surface area (Å²) in [5.41, 5.74) is 18.9. The van der Waals surface area contributed by atoms with Gasteiger partial charge in [0.25, 0.3) is 12.0 Å². The van der Waals surface area contributed by atoms with Crippen molar-refractivity contribution in [3.63, 3.8) is 0 Å². The smallest absolute Gasteiger partial charge is 0.282 e. The first-order chi connectivity index (χ1) is 21.3. The highest BCUT2D eigenvalue weighted by atomic mass is 16.5. The van der Waals surface area contributed by atoms with E-state index in [0.29, 0.717) is 37.6 Å². The minimum atomic E-state index is -0.333. The maximum absolute atomic E-state index is 10.3. The quantitative estimate of drug-likeness (QED) is 0.269. The summed E-state index contributed by atoms with van der Waals surface area (Å²) in [6.07, 6.45) is 14.8.